The summed E-state index contributed by atoms with van der Waals surface area (Å²) in [5.41, 5.74) is 3.27. The smallest absolute Gasteiger partial charge is 0.149 e. The number of aromatic nitrogens is 1. The molecule has 1 aliphatic rings. The van der Waals surface area contributed by atoms with Crippen LogP contribution in [-0.2, 0) is 17.8 Å². The summed E-state index contributed by atoms with van der Waals surface area (Å²) in [7, 11) is 1.83. The SMILES string of the molecule is CNc1c2c(nc3c(F)ccc(Br)c13)CCOC2. The molecule has 18 heavy (non-hydrogen) atoms. The Morgan fingerprint density at radius 3 is 3.06 bits per heavy atom. The number of halogens is 2. The van der Waals surface area contributed by atoms with Gasteiger partial charge in [-0.3, -0.25) is 0 Å². The van der Waals surface area contributed by atoms with Crippen molar-refractivity contribution in [2.24, 2.45) is 0 Å². The van der Waals surface area contributed by atoms with E-state index in [1.165, 1.54) is 6.07 Å². The first-order valence-electron chi connectivity index (χ1n) is 5.77. The fourth-order valence-corrected chi connectivity index (χ4v) is 2.89. The molecule has 0 saturated carbocycles. The minimum atomic E-state index is -0.293. The first kappa shape index (κ1) is 11.9. The second kappa shape index (κ2) is 4.48. The predicted octanol–water partition coefficient (Wildman–Crippen LogP) is 3.25. The maximum Gasteiger partial charge on any atom is 0.149 e. The molecule has 0 atom stereocenters. The van der Waals surface area contributed by atoms with Crippen LogP contribution in [0.15, 0.2) is 16.6 Å². The third-order valence-electron chi connectivity index (χ3n) is 3.20. The van der Waals surface area contributed by atoms with Gasteiger partial charge >= 0.3 is 0 Å². The molecule has 1 aliphatic heterocycles. The van der Waals surface area contributed by atoms with Crippen LogP contribution >= 0.6 is 15.9 Å². The summed E-state index contributed by atoms with van der Waals surface area (Å²) < 4.78 is 20.2. The number of benzene rings is 1. The number of fused-ring (bicyclic) bond motifs is 2. The summed E-state index contributed by atoms with van der Waals surface area (Å²) in [4.78, 5) is 4.46. The lowest BCUT2D eigenvalue weighted by molar-refractivity contribution is 0.110. The van der Waals surface area contributed by atoms with Crippen LogP contribution in [0.5, 0.6) is 0 Å². The van der Waals surface area contributed by atoms with Crippen molar-refractivity contribution in [3.63, 3.8) is 0 Å². The summed E-state index contributed by atoms with van der Waals surface area (Å²) >= 11 is 3.46. The molecule has 2 aromatic rings. The average molecular weight is 311 g/mol. The molecule has 5 heteroatoms. The highest BCUT2D eigenvalue weighted by molar-refractivity contribution is 9.10. The highest BCUT2D eigenvalue weighted by Gasteiger charge is 2.20. The molecule has 0 fully saturated rings. The standard InChI is InChI=1S/C13H12BrFN2O/c1-16-12-7-6-18-5-4-10(7)17-13-9(15)3-2-8(14)11(12)13/h2-3H,4-6H2,1H3,(H,16,17). The van der Waals surface area contributed by atoms with Crippen molar-refractivity contribution < 1.29 is 9.13 Å². The second-order valence-corrected chi connectivity index (χ2v) is 5.07. The Balaban J connectivity index is 2.44. The molecule has 3 nitrogen and oxygen atoms in total. The molecule has 3 rings (SSSR count). The van der Waals surface area contributed by atoms with Gasteiger partial charge in [0.05, 0.1) is 24.6 Å². The monoisotopic (exact) mass is 310 g/mol. The highest BCUT2D eigenvalue weighted by atomic mass is 79.9. The molecule has 0 bridgehead atoms. The van der Waals surface area contributed by atoms with Crippen molar-refractivity contribution in [2.75, 3.05) is 19.0 Å². The minimum absolute atomic E-state index is 0.293. The third kappa shape index (κ3) is 1.69. The number of nitrogens with zero attached hydrogens (tertiary/aromatic N) is 1. The molecule has 1 aromatic carbocycles. The van der Waals surface area contributed by atoms with Gasteiger partial charge in [0.1, 0.15) is 11.3 Å². The first-order chi connectivity index (χ1) is 8.72. The zero-order valence-electron chi connectivity index (χ0n) is 9.89. The average Bonchev–Trinajstić information content (AvgIpc) is 2.41. The van der Waals surface area contributed by atoms with E-state index in [4.69, 9.17) is 4.74 Å². The number of anilines is 1. The molecule has 1 aromatic heterocycles. The Hall–Kier alpha value is -1.20. The molecule has 94 valence electrons. The Kier molecular flexibility index (Phi) is 2.95. The summed E-state index contributed by atoms with van der Waals surface area (Å²) in [5, 5.41) is 3.93. The molecular weight excluding hydrogens is 299 g/mol. The normalized spacial score (nSPS) is 14.6. The van der Waals surface area contributed by atoms with Crippen LogP contribution in [0.3, 0.4) is 0 Å². The molecule has 0 amide bonds. The van der Waals surface area contributed by atoms with Crippen molar-refractivity contribution in [2.45, 2.75) is 13.0 Å². The molecular formula is C13H12BrFN2O. The molecule has 1 N–H and O–H groups in total. The molecule has 0 saturated heterocycles. The predicted molar refractivity (Wildman–Crippen MR) is 72.3 cm³/mol. The number of hydrogen-bond acceptors (Lipinski definition) is 3. The van der Waals surface area contributed by atoms with Gasteiger partial charge in [0.2, 0.25) is 0 Å². The zero-order valence-corrected chi connectivity index (χ0v) is 11.5. The van der Waals surface area contributed by atoms with Gasteiger partial charge in [-0.25, -0.2) is 9.37 Å². The topological polar surface area (TPSA) is 34.2 Å². The van der Waals surface area contributed by atoms with E-state index in [0.29, 0.717) is 18.7 Å². The molecule has 0 spiro atoms. The van der Waals surface area contributed by atoms with Crippen LogP contribution in [0.1, 0.15) is 11.3 Å². The van der Waals surface area contributed by atoms with Gasteiger partial charge in [-0.2, -0.15) is 0 Å². The molecule has 0 aliphatic carbocycles. The van der Waals surface area contributed by atoms with Gasteiger partial charge < -0.3 is 10.1 Å². The number of hydrogen-bond donors (Lipinski definition) is 1. The largest absolute Gasteiger partial charge is 0.387 e. The molecule has 0 radical (unpaired) electrons. The van der Waals surface area contributed by atoms with Crippen molar-refractivity contribution in [3.8, 4) is 0 Å². The van der Waals surface area contributed by atoms with Crippen LogP contribution in [0.4, 0.5) is 10.1 Å². The summed E-state index contributed by atoms with van der Waals surface area (Å²) in [6.45, 7) is 1.17. The van der Waals surface area contributed by atoms with Gasteiger partial charge in [0, 0.05) is 28.9 Å². The Morgan fingerprint density at radius 2 is 2.28 bits per heavy atom. The summed E-state index contributed by atoms with van der Waals surface area (Å²) in [6.07, 6.45) is 0.728. The van der Waals surface area contributed by atoms with E-state index >= 15 is 0 Å². The van der Waals surface area contributed by atoms with E-state index in [1.807, 2.05) is 7.05 Å². The Bertz CT molecular complexity index is 630. The lowest BCUT2D eigenvalue weighted by Crippen LogP contribution is -2.15. The van der Waals surface area contributed by atoms with Crippen molar-refractivity contribution in [1.82, 2.24) is 4.98 Å². The van der Waals surface area contributed by atoms with Crippen molar-refractivity contribution in [3.05, 3.63) is 33.7 Å². The van der Waals surface area contributed by atoms with Gasteiger partial charge in [-0.05, 0) is 12.1 Å². The van der Waals surface area contributed by atoms with Crippen LogP contribution in [0.2, 0.25) is 0 Å². The Morgan fingerprint density at radius 1 is 1.44 bits per heavy atom. The van der Waals surface area contributed by atoms with E-state index in [0.717, 1.165) is 33.2 Å². The van der Waals surface area contributed by atoms with Crippen LogP contribution < -0.4 is 5.32 Å². The number of nitrogens with one attached hydrogen (secondary N) is 1. The quantitative estimate of drug-likeness (QED) is 0.878. The second-order valence-electron chi connectivity index (χ2n) is 4.22. The highest BCUT2D eigenvalue weighted by Crippen LogP contribution is 2.36. The summed E-state index contributed by atoms with van der Waals surface area (Å²) in [5.74, 6) is -0.293. The number of rotatable bonds is 1. The summed E-state index contributed by atoms with van der Waals surface area (Å²) in [6, 6.07) is 3.14. The Labute approximate surface area is 112 Å². The van der Waals surface area contributed by atoms with E-state index < -0.39 is 0 Å². The van der Waals surface area contributed by atoms with E-state index in [2.05, 4.69) is 26.2 Å². The maximum absolute atomic E-state index is 13.9. The van der Waals surface area contributed by atoms with E-state index in [9.17, 15) is 4.39 Å². The zero-order chi connectivity index (χ0) is 12.7. The van der Waals surface area contributed by atoms with Crippen molar-refractivity contribution in [1.29, 1.82) is 0 Å². The lowest BCUT2D eigenvalue weighted by atomic mass is 10.0. The first-order valence-corrected chi connectivity index (χ1v) is 6.56. The lowest BCUT2D eigenvalue weighted by Gasteiger charge is -2.21. The molecule has 2 heterocycles. The molecule has 0 unspecified atom stereocenters. The van der Waals surface area contributed by atoms with Crippen LogP contribution in [0.25, 0.3) is 10.9 Å². The van der Waals surface area contributed by atoms with Gasteiger partial charge in [-0.15, -0.1) is 0 Å². The van der Waals surface area contributed by atoms with Gasteiger partial charge in [0.15, 0.2) is 0 Å². The fourth-order valence-electron chi connectivity index (χ4n) is 2.37. The van der Waals surface area contributed by atoms with Gasteiger partial charge in [-0.1, -0.05) is 15.9 Å². The van der Waals surface area contributed by atoms with Crippen molar-refractivity contribution >= 4 is 32.5 Å². The maximum atomic E-state index is 13.9. The third-order valence-corrected chi connectivity index (χ3v) is 3.87. The van der Waals surface area contributed by atoms with Crippen LogP contribution in [-0.4, -0.2) is 18.6 Å². The van der Waals surface area contributed by atoms with Gasteiger partial charge in [0.25, 0.3) is 0 Å². The number of pyridine rings is 1. The van der Waals surface area contributed by atoms with E-state index in [1.54, 1.807) is 6.07 Å². The fraction of sp³-hybridized carbons (Fsp3) is 0.308. The van der Waals surface area contributed by atoms with E-state index in [-0.39, 0.29) is 5.82 Å². The minimum Gasteiger partial charge on any atom is -0.387 e. The van der Waals surface area contributed by atoms with Crippen LogP contribution in [0, 0.1) is 5.82 Å². The number of ether oxygens (including phenoxy) is 1.